The lowest BCUT2D eigenvalue weighted by atomic mass is 10.2. The fraction of sp³-hybridized carbons (Fsp3) is 0.300. The Morgan fingerprint density at radius 2 is 2.12 bits per heavy atom. The molecule has 2 unspecified atom stereocenters. The summed E-state index contributed by atoms with van der Waals surface area (Å²) in [5.41, 5.74) is 0.860. The van der Waals surface area contributed by atoms with Crippen LogP contribution in [0.5, 0.6) is 0 Å². The second kappa shape index (κ2) is 6.20. The maximum atomic E-state index is 11.2. The first-order valence-electron chi connectivity index (χ1n) is 4.72. The Morgan fingerprint density at radius 1 is 1.50 bits per heavy atom. The van der Waals surface area contributed by atoms with Gasteiger partial charge in [-0.3, -0.25) is 5.32 Å². The lowest BCUT2D eigenvalue weighted by molar-refractivity contribution is 0.138. The standard InChI is InChI=1S/C10H12NO4P/c1-8(16(13)14)11-10(12)15-7-9-5-3-2-4-6-9/h2-6,8H,7H2,1H3,(H-,11,12,13,14)/p+1. The van der Waals surface area contributed by atoms with Gasteiger partial charge in [-0.25, -0.2) is 4.79 Å². The van der Waals surface area contributed by atoms with Crippen LogP contribution in [0.3, 0.4) is 0 Å². The van der Waals surface area contributed by atoms with Crippen molar-refractivity contribution in [1.29, 1.82) is 0 Å². The fourth-order valence-corrected chi connectivity index (χ4v) is 1.21. The first-order chi connectivity index (χ1) is 7.59. The first kappa shape index (κ1) is 12.6. The van der Waals surface area contributed by atoms with Gasteiger partial charge in [-0.1, -0.05) is 30.3 Å². The van der Waals surface area contributed by atoms with Crippen LogP contribution in [0.1, 0.15) is 12.5 Å². The van der Waals surface area contributed by atoms with Gasteiger partial charge in [0.1, 0.15) is 6.61 Å². The Kier molecular flexibility index (Phi) is 4.89. The van der Waals surface area contributed by atoms with E-state index in [1.54, 1.807) is 0 Å². The molecule has 0 spiro atoms. The average molecular weight is 242 g/mol. The van der Waals surface area contributed by atoms with Gasteiger partial charge < -0.3 is 4.74 Å². The van der Waals surface area contributed by atoms with Gasteiger partial charge in [0, 0.05) is 6.92 Å². The molecule has 0 aliphatic rings. The second-order valence-corrected chi connectivity index (χ2v) is 4.56. The zero-order valence-corrected chi connectivity index (χ0v) is 9.68. The van der Waals surface area contributed by atoms with Gasteiger partial charge in [-0.2, -0.15) is 4.89 Å². The number of benzene rings is 1. The summed E-state index contributed by atoms with van der Waals surface area (Å²) in [7, 11) is -2.42. The topological polar surface area (TPSA) is 75.6 Å². The number of hydrogen-bond acceptors (Lipinski definition) is 3. The van der Waals surface area contributed by atoms with E-state index in [1.165, 1.54) is 6.92 Å². The largest absolute Gasteiger partial charge is 0.530 e. The molecule has 0 fully saturated rings. The molecule has 86 valence electrons. The summed E-state index contributed by atoms with van der Waals surface area (Å²) >= 11 is 0. The summed E-state index contributed by atoms with van der Waals surface area (Å²) in [5, 5.41) is 2.25. The quantitative estimate of drug-likeness (QED) is 0.791. The van der Waals surface area contributed by atoms with Crippen LogP contribution in [-0.2, 0) is 15.9 Å². The third-order valence-electron chi connectivity index (χ3n) is 1.87. The summed E-state index contributed by atoms with van der Waals surface area (Å²) in [6.07, 6.45) is -0.700. The Balaban J connectivity index is 2.33. The molecule has 0 heterocycles. The molecule has 0 aromatic heterocycles. The van der Waals surface area contributed by atoms with Crippen molar-refractivity contribution in [3.05, 3.63) is 35.9 Å². The van der Waals surface area contributed by atoms with E-state index in [1.807, 2.05) is 30.3 Å². The molecule has 0 aliphatic carbocycles. The van der Waals surface area contributed by atoms with E-state index in [2.05, 4.69) is 5.32 Å². The molecule has 2 atom stereocenters. The van der Waals surface area contributed by atoms with Crippen LogP contribution in [0, 0.1) is 0 Å². The van der Waals surface area contributed by atoms with Gasteiger partial charge in [-0.15, -0.1) is 0 Å². The number of amides is 1. The minimum absolute atomic E-state index is 0.140. The highest BCUT2D eigenvalue weighted by Gasteiger charge is 2.25. The van der Waals surface area contributed by atoms with Crippen LogP contribution in [0.4, 0.5) is 4.79 Å². The Hall–Kier alpha value is -1.45. The van der Waals surface area contributed by atoms with Crippen molar-refractivity contribution in [3.63, 3.8) is 0 Å². The predicted octanol–water partition coefficient (Wildman–Crippen LogP) is 1.99. The van der Waals surface area contributed by atoms with Gasteiger partial charge >= 0.3 is 14.1 Å². The minimum atomic E-state index is -2.42. The maximum absolute atomic E-state index is 11.2. The molecule has 0 bridgehead atoms. The number of carbonyl (C=O) groups is 1. The third kappa shape index (κ3) is 4.38. The number of ether oxygens (including phenoxy) is 1. The molecule has 2 N–H and O–H groups in total. The highest BCUT2D eigenvalue weighted by molar-refractivity contribution is 7.38. The van der Waals surface area contributed by atoms with Crippen molar-refractivity contribution in [2.24, 2.45) is 0 Å². The van der Waals surface area contributed by atoms with Gasteiger partial charge in [0.25, 0.3) is 5.78 Å². The Labute approximate surface area is 94.3 Å². The molecular formula is C10H13NO4P+. The first-order valence-corrected chi connectivity index (χ1v) is 6.00. The van der Waals surface area contributed by atoms with Gasteiger partial charge in [0.05, 0.1) is 0 Å². The van der Waals surface area contributed by atoms with E-state index in [0.29, 0.717) is 0 Å². The molecule has 0 aliphatic heterocycles. The number of hydrogen-bond donors (Lipinski definition) is 2. The molecule has 1 rings (SSSR count). The average Bonchev–Trinajstić information content (AvgIpc) is 2.27. The second-order valence-electron chi connectivity index (χ2n) is 3.18. The number of carbonyl (C=O) groups excluding carboxylic acids is 1. The minimum Gasteiger partial charge on any atom is -0.445 e. The van der Waals surface area contributed by atoms with Crippen LogP contribution >= 0.6 is 8.03 Å². The molecule has 16 heavy (non-hydrogen) atoms. The van der Waals surface area contributed by atoms with Gasteiger partial charge in [-0.05, 0) is 10.1 Å². The van der Waals surface area contributed by atoms with Crippen LogP contribution in [0.2, 0.25) is 0 Å². The number of nitrogens with one attached hydrogen (secondary N) is 1. The van der Waals surface area contributed by atoms with E-state index in [4.69, 9.17) is 9.63 Å². The molecule has 1 aromatic rings. The molecule has 1 aromatic carbocycles. The highest BCUT2D eigenvalue weighted by Crippen LogP contribution is 2.18. The van der Waals surface area contributed by atoms with E-state index >= 15 is 0 Å². The molecule has 1 amide bonds. The van der Waals surface area contributed by atoms with Crippen LogP contribution in [0.25, 0.3) is 0 Å². The summed E-state index contributed by atoms with van der Waals surface area (Å²) in [5.74, 6) is -0.807. The van der Waals surface area contributed by atoms with Crippen LogP contribution < -0.4 is 5.32 Å². The van der Waals surface area contributed by atoms with Crippen molar-refractivity contribution in [1.82, 2.24) is 5.32 Å². The zero-order valence-electron chi connectivity index (χ0n) is 8.79. The summed E-state index contributed by atoms with van der Waals surface area (Å²) in [6, 6.07) is 9.18. The highest BCUT2D eigenvalue weighted by atomic mass is 31.1. The maximum Gasteiger partial charge on any atom is 0.530 e. The molecular weight excluding hydrogens is 229 g/mol. The summed E-state index contributed by atoms with van der Waals surface area (Å²) in [6.45, 7) is 1.57. The molecule has 0 radical (unpaired) electrons. The van der Waals surface area contributed by atoms with Crippen LogP contribution in [0.15, 0.2) is 30.3 Å². The molecule has 5 nitrogen and oxygen atoms in total. The molecule has 6 heteroatoms. The van der Waals surface area contributed by atoms with E-state index < -0.39 is 19.9 Å². The normalized spacial score (nSPS) is 12.8. The molecule has 0 saturated heterocycles. The van der Waals surface area contributed by atoms with Crippen molar-refractivity contribution < 1.29 is 19.0 Å². The summed E-state index contributed by atoms with van der Waals surface area (Å²) < 4.78 is 15.4. The van der Waals surface area contributed by atoms with E-state index in [0.717, 1.165) is 5.56 Å². The zero-order chi connectivity index (χ0) is 12.0. The number of alkyl carbamates (subject to hydrolysis) is 1. The van der Waals surface area contributed by atoms with Crippen molar-refractivity contribution in [2.75, 3.05) is 0 Å². The monoisotopic (exact) mass is 242 g/mol. The Bertz CT molecular complexity index is 368. The van der Waals surface area contributed by atoms with Gasteiger partial charge in [0.15, 0.2) is 0 Å². The lowest BCUT2D eigenvalue weighted by Gasteiger charge is -2.05. The number of rotatable bonds is 4. The van der Waals surface area contributed by atoms with E-state index in [9.17, 15) is 9.36 Å². The van der Waals surface area contributed by atoms with Crippen LogP contribution in [-0.4, -0.2) is 16.8 Å². The Morgan fingerprint density at radius 3 is 2.69 bits per heavy atom. The van der Waals surface area contributed by atoms with Gasteiger partial charge in [0.2, 0.25) is 0 Å². The lowest BCUT2D eigenvalue weighted by Crippen LogP contribution is -2.30. The predicted molar refractivity (Wildman–Crippen MR) is 59.1 cm³/mol. The SMILES string of the molecule is CC(NC(=O)OCc1ccccc1)[P+](=O)O. The van der Waals surface area contributed by atoms with Crippen molar-refractivity contribution in [3.8, 4) is 0 Å². The third-order valence-corrected chi connectivity index (χ3v) is 2.66. The smallest absolute Gasteiger partial charge is 0.445 e. The fourth-order valence-electron chi connectivity index (χ4n) is 0.991. The summed E-state index contributed by atoms with van der Waals surface area (Å²) in [4.78, 5) is 19.9. The van der Waals surface area contributed by atoms with Crippen molar-refractivity contribution >= 4 is 14.1 Å². The molecule has 0 saturated carbocycles. The van der Waals surface area contributed by atoms with E-state index in [-0.39, 0.29) is 6.61 Å². The van der Waals surface area contributed by atoms with Crippen molar-refractivity contribution in [2.45, 2.75) is 19.3 Å².